The molecular weight excluding hydrogens is 599 g/mol. The second-order valence-corrected chi connectivity index (χ2v) is 14.2. The Morgan fingerprint density at radius 2 is 1.66 bits per heavy atom. The van der Waals surface area contributed by atoms with E-state index in [0.717, 1.165) is 38.8 Å². The second-order valence-electron chi connectivity index (χ2n) is 12.0. The number of carbonyl (C=O) groups excluding carboxylic acids is 2. The number of hydrogen-bond acceptors (Lipinski definition) is 8. The fraction of sp³-hybridized carbons (Fsp3) is 0.303. The van der Waals surface area contributed by atoms with E-state index in [1.807, 2.05) is 30.3 Å². The highest BCUT2D eigenvalue weighted by atomic mass is 32.2. The van der Waals surface area contributed by atoms with Crippen molar-refractivity contribution < 1.29 is 19.2 Å². The molecule has 7 atom stereocenters. The molecule has 4 aliphatic rings. The maximum absolute atomic E-state index is 14.0. The van der Waals surface area contributed by atoms with Gasteiger partial charge in [0.05, 0.1) is 27.5 Å². The number of hydrogen-bond donors (Lipinski definition) is 1. The number of aromatic amines is 1. The number of aromatic nitrogens is 1. The van der Waals surface area contributed by atoms with Crippen molar-refractivity contribution >= 4 is 46.3 Å². The van der Waals surface area contributed by atoms with Gasteiger partial charge in [0, 0.05) is 33.7 Å². The van der Waals surface area contributed by atoms with Crippen LogP contribution in [0.1, 0.15) is 33.9 Å². The zero-order valence-electron chi connectivity index (χ0n) is 23.5. The van der Waals surface area contributed by atoms with Crippen molar-refractivity contribution in [2.45, 2.75) is 36.1 Å². The minimum Gasteiger partial charge on any atom is -0.489 e. The number of nitrogens with one attached hydrogen (secondary N) is 1. The summed E-state index contributed by atoms with van der Waals surface area (Å²) in [4.78, 5) is 56.4. The van der Waals surface area contributed by atoms with E-state index in [-0.39, 0.29) is 51.3 Å². The number of thiazole rings is 1. The summed E-state index contributed by atoms with van der Waals surface area (Å²) in [7, 11) is 0. The minimum absolute atomic E-state index is 0.0291. The molecule has 2 aliphatic carbocycles. The molecule has 3 fully saturated rings. The van der Waals surface area contributed by atoms with Gasteiger partial charge >= 0.3 is 4.87 Å². The van der Waals surface area contributed by atoms with Gasteiger partial charge in [-0.05, 0) is 60.4 Å². The second kappa shape index (κ2) is 10.2. The topological polar surface area (TPSA) is 123 Å². The van der Waals surface area contributed by atoms with E-state index in [9.17, 15) is 24.5 Å². The molecule has 1 N–H and O–H groups in total. The summed E-state index contributed by atoms with van der Waals surface area (Å²) in [6.45, 7) is 2.46. The molecular formula is C33H27N3O6S2. The molecule has 222 valence electrons. The number of nitrogens with zero attached hydrogens (tertiary/aromatic N) is 2. The first kappa shape index (κ1) is 27.3. The van der Waals surface area contributed by atoms with E-state index in [2.05, 4.69) is 30.1 Å². The van der Waals surface area contributed by atoms with Gasteiger partial charge in [0.1, 0.15) is 12.4 Å². The van der Waals surface area contributed by atoms with E-state index in [0.29, 0.717) is 12.3 Å². The Balaban J connectivity index is 1.17. The zero-order chi connectivity index (χ0) is 30.3. The minimum atomic E-state index is -0.500. The number of non-ortho nitro benzene ring substituents is 1. The maximum Gasteiger partial charge on any atom is 0.305 e. The van der Waals surface area contributed by atoms with Crippen LogP contribution in [0.5, 0.6) is 5.75 Å². The molecule has 1 saturated heterocycles. The van der Waals surface area contributed by atoms with Gasteiger partial charge in [0.15, 0.2) is 0 Å². The molecule has 5 unspecified atom stereocenters. The number of thioether (sulfide) groups is 1. The van der Waals surface area contributed by atoms with Crippen LogP contribution in [0.2, 0.25) is 0 Å². The Kier molecular flexibility index (Phi) is 6.32. The average molecular weight is 626 g/mol. The largest absolute Gasteiger partial charge is 0.489 e. The lowest BCUT2D eigenvalue weighted by atomic mass is 9.68. The predicted molar refractivity (Wildman–Crippen MR) is 166 cm³/mol. The molecule has 1 aromatic heterocycles. The van der Waals surface area contributed by atoms with Crippen LogP contribution in [0.3, 0.4) is 0 Å². The van der Waals surface area contributed by atoms with Crippen LogP contribution >= 0.6 is 23.1 Å². The first-order valence-electron chi connectivity index (χ1n) is 14.6. The number of imide groups is 1. The van der Waals surface area contributed by atoms with Gasteiger partial charge in [-0.15, -0.1) is 11.8 Å². The van der Waals surface area contributed by atoms with Crippen molar-refractivity contribution in [3.63, 3.8) is 0 Å². The number of fused-ring (bicyclic) bond motifs is 9. The Morgan fingerprint density at radius 1 is 0.955 bits per heavy atom. The molecule has 9 nitrogen and oxygen atoms in total. The Labute approximate surface area is 260 Å². The Hall–Kier alpha value is -4.22. The highest BCUT2D eigenvalue weighted by molar-refractivity contribution is 8.00. The number of para-hydroxylation sites is 1. The molecule has 4 aromatic rings. The monoisotopic (exact) mass is 625 g/mol. The lowest BCUT2D eigenvalue weighted by molar-refractivity contribution is -0.384. The molecule has 2 saturated carbocycles. The lowest BCUT2D eigenvalue weighted by Crippen LogP contribution is -2.42. The number of anilines is 1. The van der Waals surface area contributed by atoms with E-state index >= 15 is 0 Å². The third-order valence-corrected chi connectivity index (χ3v) is 12.5. The van der Waals surface area contributed by atoms with Crippen molar-refractivity contribution in [1.82, 2.24) is 4.98 Å². The summed E-state index contributed by atoms with van der Waals surface area (Å²) < 4.78 is 6.47. The van der Waals surface area contributed by atoms with E-state index in [1.165, 1.54) is 40.5 Å². The summed E-state index contributed by atoms with van der Waals surface area (Å²) in [6.07, 6.45) is 0.769. The third kappa shape index (κ3) is 4.02. The molecule has 44 heavy (non-hydrogen) atoms. The third-order valence-electron chi connectivity index (χ3n) is 9.94. The van der Waals surface area contributed by atoms with Crippen LogP contribution in [0.4, 0.5) is 11.4 Å². The van der Waals surface area contributed by atoms with Crippen molar-refractivity contribution in [3.05, 3.63) is 114 Å². The predicted octanol–water partition coefficient (Wildman–Crippen LogP) is 5.91. The van der Waals surface area contributed by atoms with Crippen molar-refractivity contribution in [2.75, 3.05) is 4.90 Å². The number of H-pyrrole nitrogens is 1. The normalized spacial score (nSPS) is 28.1. The summed E-state index contributed by atoms with van der Waals surface area (Å²) >= 11 is 2.86. The summed E-state index contributed by atoms with van der Waals surface area (Å²) in [6, 6.07) is 21.7. The van der Waals surface area contributed by atoms with Gasteiger partial charge in [0.2, 0.25) is 11.8 Å². The first-order valence-corrected chi connectivity index (χ1v) is 16.3. The van der Waals surface area contributed by atoms with Crippen LogP contribution in [0, 0.1) is 46.6 Å². The molecule has 0 spiro atoms. The number of ether oxygens (including phenoxy) is 1. The number of nitro groups is 1. The van der Waals surface area contributed by atoms with E-state index < -0.39 is 16.8 Å². The van der Waals surface area contributed by atoms with E-state index in [1.54, 1.807) is 11.8 Å². The highest BCUT2D eigenvalue weighted by Gasteiger charge is 2.69. The van der Waals surface area contributed by atoms with Crippen molar-refractivity contribution in [3.8, 4) is 5.75 Å². The fourth-order valence-corrected chi connectivity index (χ4v) is 11.0. The maximum atomic E-state index is 14.0. The smallest absolute Gasteiger partial charge is 0.305 e. The highest BCUT2D eigenvalue weighted by Crippen LogP contribution is 2.69. The molecule has 2 aliphatic heterocycles. The number of amides is 2. The van der Waals surface area contributed by atoms with Crippen LogP contribution in [0.25, 0.3) is 0 Å². The summed E-state index contributed by atoms with van der Waals surface area (Å²) in [5.74, 6) is -0.855. The van der Waals surface area contributed by atoms with Gasteiger partial charge in [0.25, 0.3) is 5.69 Å². The van der Waals surface area contributed by atoms with Gasteiger partial charge < -0.3 is 9.72 Å². The Bertz CT molecular complexity index is 1900. The van der Waals surface area contributed by atoms with Crippen LogP contribution < -0.4 is 14.5 Å². The Morgan fingerprint density at radius 3 is 2.41 bits per heavy atom. The summed E-state index contributed by atoms with van der Waals surface area (Å²) in [5, 5.41) is 12.1. The zero-order valence-corrected chi connectivity index (χ0v) is 25.2. The number of benzene rings is 3. The molecule has 0 radical (unpaired) electrons. The van der Waals surface area contributed by atoms with Gasteiger partial charge in [-0.2, -0.15) is 0 Å². The average Bonchev–Trinajstić information content (AvgIpc) is 3.76. The number of nitro benzene ring substituents is 1. The quantitative estimate of drug-likeness (QED) is 0.161. The van der Waals surface area contributed by atoms with Crippen molar-refractivity contribution in [1.29, 1.82) is 0 Å². The fourth-order valence-electron chi connectivity index (χ4n) is 8.14. The standard InChI is InChI=1S/C33H27N3O6S2/c1-16-6-2-3-7-17(16)15-42-23-9-5-4-8-20(23)24-25-21-14-22(28(25)43-30-29(24)44-33(39)34-30)27-26(21)31(37)35(32(27)38)18-10-12-19(13-11-18)36(40)41/h2-13,21-22,24-28H,14-15H2,1H3,(H,34,39)/t21-,22-,24?,25?,26?,27?,28?/m1/s1. The molecule has 2 bridgehead atoms. The molecule has 8 rings (SSSR count). The van der Waals surface area contributed by atoms with E-state index in [4.69, 9.17) is 4.74 Å². The van der Waals surface area contributed by atoms with Crippen LogP contribution in [-0.4, -0.2) is 27.0 Å². The molecule has 11 heteroatoms. The number of rotatable bonds is 6. The van der Waals surface area contributed by atoms with Gasteiger partial charge in [-0.1, -0.05) is 53.8 Å². The van der Waals surface area contributed by atoms with Crippen molar-refractivity contribution in [2.24, 2.45) is 29.6 Å². The molecule has 2 amide bonds. The molecule has 3 heterocycles. The lowest BCUT2D eigenvalue weighted by Gasteiger charge is -2.43. The summed E-state index contributed by atoms with van der Waals surface area (Å²) in [5.41, 5.74) is 3.50. The van der Waals surface area contributed by atoms with Crippen LogP contribution in [-0.2, 0) is 16.2 Å². The first-order chi connectivity index (χ1) is 21.3. The molecule has 3 aromatic carbocycles. The number of carbonyl (C=O) groups is 2. The van der Waals surface area contributed by atoms with Crippen LogP contribution in [0.15, 0.2) is 82.6 Å². The number of aryl methyl sites for hydroxylation is 1. The van der Waals surface area contributed by atoms with Gasteiger partial charge in [-0.3, -0.25) is 29.4 Å². The van der Waals surface area contributed by atoms with Gasteiger partial charge in [-0.25, -0.2) is 0 Å². The SMILES string of the molecule is Cc1ccccc1COc1ccccc1C1c2sc(=O)[nH]c2SC2C1[C@H]1C[C@@H]2C2C(=O)N(c3ccc([N+](=O)[O-])cc3)C(=O)C21.